The minimum atomic E-state index is -0.418. The molecule has 2 unspecified atom stereocenters. The lowest BCUT2D eigenvalue weighted by Gasteiger charge is -2.36. The van der Waals surface area contributed by atoms with Crippen molar-refractivity contribution in [2.45, 2.75) is 31.8 Å². The van der Waals surface area contributed by atoms with E-state index >= 15 is 0 Å². The van der Waals surface area contributed by atoms with Crippen LogP contribution in [-0.4, -0.2) is 79.6 Å². The summed E-state index contributed by atoms with van der Waals surface area (Å²) in [5.41, 5.74) is 1.10. The van der Waals surface area contributed by atoms with Crippen molar-refractivity contribution >= 4 is 23.4 Å². The number of nitrogens with one attached hydrogen (secondary N) is 1. The highest BCUT2D eigenvalue weighted by Crippen LogP contribution is 2.23. The van der Waals surface area contributed by atoms with E-state index in [0.717, 1.165) is 25.7 Å². The number of anilines is 1. The Bertz CT molecular complexity index is 787. The third-order valence-corrected chi connectivity index (χ3v) is 5.98. The van der Waals surface area contributed by atoms with Gasteiger partial charge in [-0.15, -0.1) is 0 Å². The zero-order valence-electron chi connectivity index (χ0n) is 17.2. The third kappa shape index (κ3) is 4.82. The molecule has 3 aliphatic heterocycles. The molecule has 8 nitrogen and oxygen atoms in total. The zero-order valence-corrected chi connectivity index (χ0v) is 17.2. The van der Waals surface area contributed by atoms with Gasteiger partial charge in [0.05, 0.1) is 19.1 Å². The van der Waals surface area contributed by atoms with Crippen LogP contribution in [0.5, 0.6) is 0 Å². The van der Waals surface area contributed by atoms with Gasteiger partial charge in [0.2, 0.25) is 5.91 Å². The molecule has 3 saturated heterocycles. The Hall–Kier alpha value is -2.45. The Labute approximate surface area is 176 Å². The molecule has 3 heterocycles. The SMILES string of the molecule is O=C(Nc1cccc(C(=O)N2CCCC(C(=O)N3CCOCC3)C2)c1)C1CCCO1. The van der Waals surface area contributed by atoms with Crippen LogP contribution in [0.2, 0.25) is 0 Å². The van der Waals surface area contributed by atoms with Gasteiger partial charge in [-0.25, -0.2) is 0 Å². The smallest absolute Gasteiger partial charge is 0.253 e. The molecule has 4 rings (SSSR count). The van der Waals surface area contributed by atoms with Crippen LogP contribution in [0.25, 0.3) is 0 Å². The number of rotatable bonds is 4. The molecule has 0 radical (unpaired) electrons. The summed E-state index contributed by atoms with van der Waals surface area (Å²) in [5, 5.41) is 2.84. The molecule has 30 heavy (non-hydrogen) atoms. The van der Waals surface area contributed by atoms with Gasteiger partial charge in [0, 0.05) is 44.0 Å². The fourth-order valence-electron chi connectivity index (χ4n) is 4.32. The second-order valence-corrected chi connectivity index (χ2v) is 8.10. The quantitative estimate of drug-likeness (QED) is 0.806. The summed E-state index contributed by atoms with van der Waals surface area (Å²) in [7, 11) is 0. The molecule has 8 heteroatoms. The maximum Gasteiger partial charge on any atom is 0.253 e. The molecule has 0 saturated carbocycles. The summed E-state index contributed by atoms with van der Waals surface area (Å²) >= 11 is 0. The maximum atomic E-state index is 13.1. The minimum absolute atomic E-state index is 0.109. The third-order valence-electron chi connectivity index (χ3n) is 5.98. The number of hydrogen-bond donors (Lipinski definition) is 1. The molecule has 1 N–H and O–H groups in total. The van der Waals surface area contributed by atoms with E-state index in [2.05, 4.69) is 5.32 Å². The van der Waals surface area contributed by atoms with Crippen LogP contribution in [0.15, 0.2) is 24.3 Å². The van der Waals surface area contributed by atoms with Gasteiger partial charge in [0.1, 0.15) is 6.10 Å². The Morgan fingerprint density at radius 3 is 2.57 bits per heavy atom. The topological polar surface area (TPSA) is 88.2 Å². The first-order valence-electron chi connectivity index (χ1n) is 10.8. The van der Waals surface area contributed by atoms with Gasteiger partial charge < -0.3 is 24.6 Å². The van der Waals surface area contributed by atoms with E-state index in [0.29, 0.717) is 57.3 Å². The molecule has 0 bridgehead atoms. The minimum Gasteiger partial charge on any atom is -0.378 e. The van der Waals surface area contributed by atoms with Gasteiger partial charge >= 0.3 is 0 Å². The van der Waals surface area contributed by atoms with Crippen molar-refractivity contribution in [3.63, 3.8) is 0 Å². The highest BCUT2D eigenvalue weighted by molar-refractivity contribution is 5.98. The molecule has 0 spiro atoms. The number of carbonyl (C=O) groups is 3. The number of morpholine rings is 1. The molecule has 3 aliphatic rings. The van der Waals surface area contributed by atoms with Crippen molar-refractivity contribution in [2.24, 2.45) is 5.92 Å². The zero-order chi connectivity index (χ0) is 20.9. The van der Waals surface area contributed by atoms with Crippen molar-refractivity contribution in [3.8, 4) is 0 Å². The summed E-state index contributed by atoms with van der Waals surface area (Å²) in [4.78, 5) is 41.8. The lowest BCUT2D eigenvalue weighted by molar-refractivity contribution is -0.141. The van der Waals surface area contributed by atoms with Gasteiger partial charge in [0.25, 0.3) is 11.8 Å². The largest absolute Gasteiger partial charge is 0.378 e. The van der Waals surface area contributed by atoms with Gasteiger partial charge in [-0.05, 0) is 43.9 Å². The molecule has 3 amide bonds. The first kappa shape index (κ1) is 20.8. The summed E-state index contributed by atoms with van der Waals surface area (Å²) in [6.45, 7) is 4.07. The Morgan fingerprint density at radius 1 is 0.967 bits per heavy atom. The number of carbonyl (C=O) groups excluding carboxylic acids is 3. The highest BCUT2D eigenvalue weighted by atomic mass is 16.5. The van der Waals surface area contributed by atoms with E-state index in [1.165, 1.54) is 0 Å². The molecular weight excluding hydrogens is 386 g/mol. The second kappa shape index (κ2) is 9.57. The van der Waals surface area contributed by atoms with Crippen LogP contribution < -0.4 is 5.32 Å². The number of benzene rings is 1. The van der Waals surface area contributed by atoms with Crippen molar-refractivity contribution in [1.82, 2.24) is 9.80 Å². The highest BCUT2D eigenvalue weighted by Gasteiger charge is 2.32. The molecule has 0 aromatic heterocycles. The standard InChI is InChI=1S/C22H29N3O5/c26-20(19-7-3-11-30-19)23-18-6-1-4-16(14-18)21(27)25-8-2-5-17(15-25)22(28)24-9-12-29-13-10-24/h1,4,6,14,17,19H,2-3,5,7-13,15H2,(H,23,26). The van der Waals surface area contributed by atoms with E-state index in [1.807, 2.05) is 4.90 Å². The van der Waals surface area contributed by atoms with E-state index in [1.54, 1.807) is 29.2 Å². The normalized spacial score (nSPS) is 24.5. The Kier molecular flexibility index (Phi) is 6.64. The number of ether oxygens (including phenoxy) is 2. The van der Waals surface area contributed by atoms with Crippen LogP contribution >= 0.6 is 0 Å². The van der Waals surface area contributed by atoms with Crippen molar-refractivity contribution in [3.05, 3.63) is 29.8 Å². The predicted molar refractivity (Wildman–Crippen MR) is 110 cm³/mol. The van der Waals surface area contributed by atoms with Crippen LogP contribution in [0.4, 0.5) is 5.69 Å². The summed E-state index contributed by atoms with van der Waals surface area (Å²) in [6.07, 6.45) is 2.80. The van der Waals surface area contributed by atoms with Crippen molar-refractivity contribution in [2.75, 3.05) is 51.3 Å². The molecular formula is C22H29N3O5. The van der Waals surface area contributed by atoms with Crippen LogP contribution in [0, 0.1) is 5.92 Å². The number of amides is 3. The first-order valence-corrected chi connectivity index (χ1v) is 10.8. The average Bonchev–Trinajstić information content (AvgIpc) is 3.34. The van der Waals surface area contributed by atoms with Crippen LogP contribution in [0.1, 0.15) is 36.0 Å². The second-order valence-electron chi connectivity index (χ2n) is 8.10. The lowest BCUT2D eigenvalue weighted by Crippen LogP contribution is -2.49. The monoisotopic (exact) mass is 415 g/mol. The Morgan fingerprint density at radius 2 is 1.80 bits per heavy atom. The number of likely N-dealkylation sites (tertiary alicyclic amines) is 1. The predicted octanol–water partition coefficient (Wildman–Crippen LogP) is 1.52. The molecule has 0 aliphatic carbocycles. The summed E-state index contributed by atoms with van der Waals surface area (Å²) in [6, 6.07) is 6.98. The number of hydrogen-bond acceptors (Lipinski definition) is 5. The van der Waals surface area contributed by atoms with Gasteiger partial charge in [-0.2, -0.15) is 0 Å². The molecule has 1 aromatic carbocycles. The van der Waals surface area contributed by atoms with Gasteiger partial charge in [-0.3, -0.25) is 14.4 Å². The number of piperidine rings is 1. The molecule has 2 atom stereocenters. The molecule has 3 fully saturated rings. The van der Waals surface area contributed by atoms with Gasteiger partial charge in [0.15, 0.2) is 0 Å². The summed E-state index contributed by atoms with van der Waals surface area (Å²) in [5.74, 6) is -0.328. The molecule has 162 valence electrons. The fraction of sp³-hybridized carbons (Fsp3) is 0.591. The van der Waals surface area contributed by atoms with E-state index in [-0.39, 0.29) is 23.6 Å². The van der Waals surface area contributed by atoms with E-state index in [9.17, 15) is 14.4 Å². The Balaban J connectivity index is 1.38. The van der Waals surface area contributed by atoms with Crippen LogP contribution in [0.3, 0.4) is 0 Å². The lowest BCUT2D eigenvalue weighted by atomic mass is 9.95. The summed E-state index contributed by atoms with van der Waals surface area (Å²) < 4.78 is 10.7. The average molecular weight is 415 g/mol. The fourth-order valence-corrected chi connectivity index (χ4v) is 4.32. The first-order chi connectivity index (χ1) is 14.6. The van der Waals surface area contributed by atoms with Crippen LogP contribution in [-0.2, 0) is 19.1 Å². The maximum absolute atomic E-state index is 13.1. The van der Waals surface area contributed by atoms with Crippen molar-refractivity contribution in [1.29, 1.82) is 0 Å². The van der Waals surface area contributed by atoms with E-state index < -0.39 is 6.10 Å². The number of nitrogens with zero attached hydrogens (tertiary/aromatic N) is 2. The van der Waals surface area contributed by atoms with Gasteiger partial charge in [-0.1, -0.05) is 6.07 Å². The van der Waals surface area contributed by atoms with E-state index in [4.69, 9.17) is 9.47 Å². The van der Waals surface area contributed by atoms with Crippen molar-refractivity contribution < 1.29 is 23.9 Å². The molecule has 1 aromatic rings.